The second-order valence-electron chi connectivity index (χ2n) is 5.29. The van der Waals surface area contributed by atoms with Crippen LogP contribution in [0.15, 0.2) is 0 Å². The molecule has 0 aromatic rings. The number of rotatable bonds is 6. The summed E-state index contributed by atoms with van der Waals surface area (Å²) in [5, 5.41) is 12.0. The lowest BCUT2D eigenvalue weighted by molar-refractivity contribution is -0.123. The van der Waals surface area contributed by atoms with Crippen LogP contribution in [-0.2, 0) is 9.53 Å². The van der Waals surface area contributed by atoms with Crippen molar-refractivity contribution >= 4 is 5.91 Å². The number of carbonyl (C=O) groups excluding carboxylic acids is 1. The summed E-state index contributed by atoms with van der Waals surface area (Å²) in [6.07, 6.45) is 7.20. The van der Waals surface area contributed by atoms with Gasteiger partial charge in [-0.05, 0) is 44.4 Å². The Kier molecular flexibility index (Phi) is 4.80. The first-order valence-corrected chi connectivity index (χ1v) is 6.79. The van der Waals surface area contributed by atoms with E-state index in [2.05, 4.69) is 5.32 Å². The summed E-state index contributed by atoms with van der Waals surface area (Å²) in [4.78, 5) is 11.4. The Morgan fingerprint density at radius 3 is 2.47 bits per heavy atom. The van der Waals surface area contributed by atoms with Crippen LogP contribution in [0.3, 0.4) is 0 Å². The van der Waals surface area contributed by atoms with Crippen LogP contribution in [-0.4, -0.2) is 36.4 Å². The molecule has 0 heterocycles. The molecular weight excluding hydrogens is 218 g/mol. The van der Waals surface area contributed by atoms with E-state index in [1.165, 1.54) is 0 Å². The third kappa shape index (κ3) is 4.64. The van der Waals surface area contributed by atoms with E-state index in [0.717, 1.165) is 38.5 Å². The van der Waals surface area contributed by atoms with Crippen molar-refractivity contribution in [2.75, 3.05) is 13.2 Å². The molecule has 0 radical (unpaired) electrons. The molecule has 0 aromatic heterocycles. The molecule has 2 fully saturated rings. The largest absolute Gasteiger partial charge is 0.396 e. The molecule has 98 valence electrons. The third-order valence-electron chi connectivity index (χ3n) is 3.68. The first-order chi connectivity index (χ1) is 8.28. The van der Waals surface area contributed by atoms with E-state index in [1.54, 1.807) is 0 Å². The van der Waals surface area contributed by atoms with Gasteiger partial charge in [0.15, 0.2) is 0 Å². The minimum atomic E-state index is 0.122. The maximum atomic E-state index is 11.4. The summed E-state index contributed by atoms with van der Waals surface area (Å²) in [5.74, 6) is 0.588. The van der Waals surface area contributed by atoms with Gasteiger partial charge in [-0.1, -0.05) is 0 Å². The predicted octanol–water partition coefficient (Wildman–Crippen LogP) is 1.22. The molecule has 2 rings (SSSR count). The molecule has 1 amide bonds. The van der Waals surface area contributed by atoms with Crippen molar-refractivity contribution in [2.24, 2.45) is 5.92 Å². The lowest BCUT2D eigenvalue weighted by Crippen LogP contribution is -2.28. The van der Waals surface area contributed by atoms with Crippen LogP contribution in [0.1, 0.15) is 44.9 Å². The van der Waals surface area contributed by atoms with Crippen LogP contribution in [0.4, 0.5) is 0 Å². The molecule has 4 nitrogen and oxygen atoms in total. The van der Waals surface area contributed by atoms with E-state index in [4.69, 9.17) is 9.84 Å². The Labute approximate surface area is 103 Å². The Morgan fingerprint density at radius 2 is 1.88 bits per heavy atom. The van der Waals surface area contributed by atoms with Gasteiger partial charge in [0, 0.05) is 19.1 Å². The molecule has 0 unspecified atom stereocenters. The summed E-state index contributed by atoms with van der Waals surface area (Å²) in [6.45, 7) is 0.837. The molecule has 0 atom stereocenters. The highest BCUT2D eigenvalue weighted by atomic mass is 16.5. The maximum absolute atomic E-state index is 11.4. The van der Waals surface area contributed by atoms with Crippen LogP contribution >= 0.6 is 0 Å². The lowest BCUT2D eigenvalue weighted by Gasteiger charge is -2.27. The van der Waals surface area contributed by atoms with Crippen LogP contribution in [0.5, 0.6) is 0 Å². The standard InChI is InChI=1S/C13H23NO3/c15-9-10-1-5-12(6-2-10)17-8-7-13(16)14-11-3-4-11/h10-12,15H,1-9H2,(H,14,16). The topological polar surface area (TPSA) is 58.6 Å². The number of aliphatic hydroxyl groups is 1. The number of amides is 1. The fourth-order valence-electron chi connectivity index (χ4n) is 2.33. The van der Waals surface area contributed by atoms with Gasteiger partial charge < -0.3 is 15.2 Å². The normalized spacial score (nSPS) is 29.0. The zero-order valence-electron chi connectivity index (χ0n) is 10.4. The van der Waals surface area contributed by atoms with E-state index in [1.807, 2.05) is 0 Å². The molecule has 0 aromatic carbocycles. The van der Waals surface area contributed by atoms with Crippen molar-refractivity contribution in [1.29, 1.82) is 0 Å². The SMILES string of the molecule is O=C(CCOC1CCC(CO)CC1)NC1CC1. The molecule has 0 saturated heterocycles. The highest BCUT2D eigenvalue weighted by Gasteiger charge is 2.24. The molecule has 2 aliphatic carbocycles. The summed E-state index contributed by atoms with van der Waals surface area (Å²) in [5.41, 5.74) is 0. The number of ether oxygens (including phenoxy) is 1. The van der Waals surface area contributed by atoms with E-state index in [9.17, 15) is 4.79 Å². The second kappa shape index (κ2) is 6.36. The van der Waals surface area contributed by atoms with Crippen molar-refractivity contribution in [2.45, 2.75) is 57.1 Å². The molecule has 2 aliphatic rings. The molecule has 4 heteroatoms. The Morgan fingerprint density at radius 1 is 1.18 bits per heavy atom. The van der Waals surface area contributed by atoms with E-state index in [-0.39, 0.29) is 5.91 Å². The number of nitrogens with one attached hydrogen (secondary N) is 1. The van der Waals surface area contributed by atoms with Crippen molar-refractivity contribution in [1.82, 2.24) is 5.32 Å². The minimum absolute atomic E-state index is 0.122. The second-order valence-corrected chi connectivity index (χ2v) is 5.29. The Hall–Kier alpha value is -0.610. The van der Waals surface area contributed by atoms with Gasteiger partial charge in [0.25, 0.3) is 0 Å². The average molecular weight is 241 g/mol. The van der Waals surface area contributed by atoms with Crippen molar-refractivity contribution in [3.8, 4) is 0 Å². The molecule has 0 bridgehead atoms. The summed E-state index contributed by atoms with van der Waals surface area (Å²) >= 11 is 0. The van der Waals surface area contributed by atoms with E-state index in [0.29, 0.717) is 37.7 Å². The zero-order chi connectivity index (χ0) is 12.1. The van der Waals surface area contributed by atoms with Crippen LogP contribution in [0.2, 0.25) is 0 Å². The lowest BCUT2D eigenvalue weighted by atomic mass is 9.88. The Balaban J connectivity index is 1.51. The summed E-state index contributed by atoms with van der Waals surface area (Å²) < 4.78 is 5.71. The molecule has 2 N–H and O–H groups in total. The van der Waals surface area contributed by atoms with Crippen LogP contribution in [0.25, 0.3) is 0 Å². The smallest absolute Gasteiger partial charge is 0.222 e. The minimum Gasteiger partial charge on any atom is -0.396 e. The summed E-state index contributed by atoms with van der Waals surface area (Å²) in [7, 11) is 0. The Bertz CT molecular complexity index is 245. The van der Waals surface area contributed by atoms with Crippen molar-refractivity contribution in [3.05, 3.63) is 0 Å². The van der Waals surface area contributed by atoms with Gasteiger partial charge in [-0.15, -0.1) is 0 Å². The number of carbonyl (C=O) groups is 1. The maximum Gasteiger partial charge on any atom is 0.222 e. The third-order valence-corrected chi connectivity index (χ3v) is 3.68. The number of hydrogen-bond donors (Lipinski definition) is 2. The quantitative estimate of drug-likeness (QED) is 0.735. The van der Waals surface area contributed by atoms with Gasteiger partial charge in [-0.25, -0.2) is 0 Å². The monoisotopic (exact) mass is 241 g/mol. The van der Waals surface area contributed by atoms with Gasteiger partial charge in [-0.2, -0.15) is 0 Å². The van der Waals surface area contributed by atoms with Crippen molar-refractivity contribution in [3.63, 3.8) is 0 Å². The fraction of sp³-hybridized carbons (Fsp3) is 0.923. The van der Waals surface area contributed by atoms with E-state index >= 15 is 0 Å². The first kappa shape index (κ1) is 12.8. The van der Waals surface area contributed by atoms with Gasteiger partial charge >= 0.3 is 0 Å². The van der Waals surface area contributed by atoms with E-state index < -0.39 is 0 Å². The highest BCUT2D eigenvalue weighted by Crippen LogP contribution is 2.25. The van der Waals surface area contributed by atoms with Gasteiger partial charge in [0.1, 0.15) is 0 Å². The van der Waals surface area contributed by atoms with Gasteiger partial charge in [0.2, 0.25) is 5.91 Å². The summed E-state index contributed by atoms with van der Waals surface area (Å²) in [6, 6.07) is 0.447. The zero-order valence-corrected chi connectivity index (χ0v) is 10.4. The first-order valence-electron chi connectivity index (χ1n) is 6.79. The molecule has 0 spiro atoms. The predicted molar refractivity (Wildman–Crippen MR) is 64.6 cm³/mol. The fourth-order valence-corrected chi connectivity index (χ4v) is 2.33. The van der Waals surface area contributed by atoms with Crippen LogP contribution < -0.4 is 5.32 Å². The highest BCUT2D eigenvalue weighted by molar-refractivity contribution is 5.76. The van der Waals surface area contributed by atoms with Crippen molar-refractivity contribution < 1.29 is 14.6 Å². The molecule has 2 saturated carbocycles. The molecular formula is C13H23NO3. The molecule has 0 aliphatic heterocycles. The number of hydrogen-bond acceptors (Lipinski definition) is 3. The van der Waals surface area contributed by atoms with Gasteiger partial charge in [0.05, 0.1) is 12.7 Å². The van der Waals surface area contributed by atoms with Gasteiger partial charge in [-0.3, -0.25) is 4.79 Å². The molecule has 17 heavy (non-hydrogen) atoms. The number of aliphatic hydroxyl groups excluding tert-OH is 1. The van der Waals surface area contributed by atoms with Crippen LogP contribution in [0, 0.1) is 5.92 Å². The average Bonchev–Trinajstić information content (AvgIpc) is 3.14.